The normalized spacial score (nSPS) is 11.4. The highest BCUT2D eigenvalue weighted by Gasteiger charge is 2.05. The van der Waals surface area contributed by atoms with Gasteiger partial charge in [0.25, 0.3) is 0 Å². The summed E-state index contributed by atoms with van der Waals surface area (Å²) < 4.78 is 0. The van der Waals surface area contributed by atoms with Gasteiger partial charge in [0.2, 0.25) is 0 Å². The summed E-state index contributed by atoms with van der Waals surface area (Å²) in [5.74, 6) is -0.899. The standard InChI is InChI=1S/C13H16O3/c14-10-4-7-12(13(15)16)9-8-11-5-2-1-3-6-11/h1-3,5-6,9,14H,4,7-8,10H2,(H,15,16). The lowest BCUT2D eigenvalue weighted by atomic mass is 10.1. The highest BCUT2D eigenvalue weighted by molar-refractivity contribution is 5.86. The molecular weight excluding hydrogens is 204 g/mol. The SMILES string of the molecule is O=C(O)C(=CCc1ccccc1)CCCO. The fraction of sp³-hybridized carbons (Fsp3) is 0.308. The third-order valence-corrected chi connectivity index (χ3v) is 2.31. The molecule has 16 heavy (non-hydrogen) atoms. The van der Waals surface area contributed by atoms with Crippen LogP contribution in [0.1, 0.15) is 18.4 Å². The van der Waals surface area contributed by atoms with Crippen LogP contribution in [0.4, 0.5) is 0 Å². The molecule has 0 spiro atoms. The van der Waals surface area contributed by atoms with Crippen LogP contribution in [-0.2, 0) is 11.2 Å². The average Bonchev–Trinajstić information content (AvgIpc) is 2.30. The van der Waals surface area contributed by atoms with Crippen molar-refractivity contribution in [3.8, 4) is 0 Å². The third kappa shape index (κ3) is 4.28. The fourth-order valence-corrected chi connectivity index (χ4v) is 1.42. The van der Waals surface area contributed by atoms with Crippen molar-refractivity contribution in [1.29, 1.82) is 0 Å². The second kappa shape index (κ2) is 6.80. The number of allylic oxidation sites excluding steroid dienone is 1. The van der Waals surface area contributed by atoms with Crippen LogP contribution in [0.15, 0.2) is 42.0 Å². The monoisotopic (exact) mass is 220 g/mol. The molecular formula is C13H16O3. The highest BCUT2D eigenvalue weighted by atomic mass is 16.4. The summed E-state index contributed by atoms with van der Waals surface area (Å²) in [4.78, 5) is 10.9. The molecule has 0 saturated carbocycles. The molecule has 0 aliphatic carbocycles. The van der Waals surface area contributed by atoms with Crippen LogP contribution in [0.3, 0.4) is 0 Å². The topological polar surface area (TPSA) is 57.5 Å². The highest BCUT2D eigenvalue weighted by Crippen LogP contribution is 2.08. The van der Waals surface area contributed by atoms with E-state index in [2.05, 4.69) is 0 Å². The van der Waals surface area contributed by atoms with E-state index in [1.165, 1.54) is 0 Å². The number of hydrogen-bond donors (Lipinski definition) is 2. The summed E-state index contributed by atoms with van der Waals surface area (Å²) >= 11 is 0. The number of aliphatic hydroxyl groups is 1. The average molecular weight is 220 g/mol. The molecule has 0 amide bonds. The van der Waals surface area contributed by atoms with Crippen LogP contribution in [-0.4, -0.2) is 22.8 Å². The van der Waals surface area contributed by atoms with Crippen LogP contribution in [0, 0.1) is 0 Å². The molecule has 0 atom stereocenters. The Kier molecular flexibility index (Phi) is 5.29. The van der Waals surface area contributed by atoms with Crippen LogP contribution in [0.2, 0.25) is 0 Å². The second-order valence-electron chi connectivity index (χ2n) is 3.55. The smallest absolute Gasteiger partial charge is 0.331 e. The number of carboxylic acids is 1. The van der Waals surface area contributed by atoms with Crippen molar-refractivity contribution in [3.05, 3.63) is 47.5 Å². The summed E-state index contributed by atoms with van der Waals surface area (Å²) in [5, 5.41) is 17.6. The maximum atomic E-state index is 10.9. The Morgan fingerprint density at radius 3 is 2.50 bits per heavy atom. The zero-order valence-electron chi connectivity index (χ0n) is 9.10. The fourth-order valence-electron chi connectivity index (χ4n) is 1.42. The number of hydrogen-bond acceptors (Lipinski definition) is 2. The summed E-state index contributed by atoms with van der Waals surface area (Å²) in [7, 11) is 0. The number of carbonyl (C=O) groups is 1. The minimum Gasteiger partial charge on any atom is -0.478 e. The molecule has 3 nitrogen and oxygen atoms in total. The Morgan fingerprint density at radius 1 is 1.25 bits per heavy atom. The van der Waals surface area contributed by atoms with Crippen molar-refractivity contribution in [2.45, 2.75) is 19.3 Å². The van der Waals surface area contributed by atoms with Gasteiger partial charge in [0.1, 0.15) is 0 Å². The minimum absolute atomic E-state index is 0.0238. The number of carboxylic acid groups (broad SMARTS) is 1. The van der Waals surface area contributed by atoms with Crippen molar-refractivity contribution < 1.29 is 15.0 Å². The molecule has 0 aliphatic heterocycles. The molecule has 0 heterocycles. The first-order valence-corrected chi connectivity index (χ1v) is 5.31. The number of aliphatic hydroxyl groups excluding tert-OH is 1. The Labute approximate surface area is 95.0 Å². The molecule has 0 radical (unpaired) electrons. The molecule has 86 valence electrons. The molecule has 1 rings (SSSR count). The third-order valence-electron chi connectivity index (χ3n) is 2.31. The first-order chi connectivity index (χ1) is 7.74. The van der Waals surface area contributed by atoms with E-state index in [1.54, 1.807) is 6.08 Å². The quantitative estimate of drug-likeness (QED) is 0.721. The lowest BCUT2D eigenvalue weighted by Crippen LogP contribution is -2.02. The van der Waals surface area contributed by atoms with Crippen LogP contribution in [0.25, 0.3) is 0 Å². The molecule has 0 bridgehead atoms. The molecule has 0 fully saturated rings. The van der Waals surface area contributed by atoms with Crippen LogP contribution >= 0.6 is 0 Å². The van der Waals surface area contributed by atoms with E-state index < -0.39 is 5.97 Å². The van der Waals surface area contributed by atoms with E-state index in [1.807, 2.05) is 30.3 Å². The van der Waals surface area contributed by atoms with Crippen molar-refractivity contribution >= 4 is 5.97 Å². The van der Waals surface area contributed by atoms with Crippen LogP contribution < -0.4 is 0 Å². The lowest BCUT2D eigenvalue weighted by Gasteiger charge is -2.01. The van der Waals surface area contributed by atoms with Gasteiger partial charge in [0.05, 0.1) is 0 Å². The van der Waals surface area contributed by atoms with Gasteiger partial charge in [0, 0.05) is 12.2 Å². The largest absolute Gasteiger partial charge is 0.478 e. The van der Waals surface area contributed by atoms with Gasteiger partial charge < -0.3 is 10.2 Å². The maximum absolute atomic E-state index is 10.9. The summed E-state index contributed by atoms with van der Waals surface area (Å²) in [5.41, 5.74) is 1.46. The molecule has 0 unspecified atom stereocenters. The van der Waals surface area contributed by atoms with Crippen molar-refractivity contribution in [2.75, 3.05) is 6.61 Å². The van der Waals surface area contributed by atoms with Gasteiger partial charge in [-0.2, -0.15) is 0 Å². The molecule has 0 aliphatic rings. The predicted octanol–water partition coefficient (Wildman–Crippen LogP) is 2.01. The zero-order chi connectivity index (χ0) is 11.8. The first kappa shape index (κ1) is 12.5. The van der Waals surface area contributed by atoms with E-state index in [0.29, 0.717) is 24.8 Å². The second-order valence-corrected chi connectivity index (χ2v) is 3.55. The van der Waals surface area contributed by atoms with Gasteiger partial charge in [-0.25, -0.2) is 4.79 Å². The van der Waals surface area contributed by atoms with Gasteiger partial charge in [-0.05, 0) is 24.8 Å². The predicted molar refractivity (Wildman–Crippen MR) is 62.2 cm³/mol. The minimum atomic E-state index is -0.899. The molecule has 0 aromatic heterocycles. The lowest BCUT2D eigenvalue weighted by molar-refractivity contribution is -0.132. The molecule has 1 aromatic carbocycles. The van der Waals surface area contributed by atoms with Gasteiger partial charge in [-0.1, -0.05) is 36.4 Å². The summed E-state index contributed by atoms with van der Waals surface area (Å²) in [6, 6.07) is 9.70. The first-order valence-electron chi connectivity index (χ1n) is 5.31. The van der Waals surface area contributed by atoms with E-state index in [0.717, 1.165) is 5.56 Å². The molecule has 0 saturated heterocycles. The van der Waals surface area contributed by atoms with Crippen molar-refractivity contribution in [2.24, 2.45) is 0 Å². The van der Waals surface area contributed by atoms with Gasteiger partial charge in [0.15, 0.2) is 0 Å². The Bertz CT molecular complexity index is 355. The zero-order valence-corrected chi connectivity index (χ0v) is 9.10. The van der Waals surface area contributed by atoms with E-state index in [4.69, 9.17) is 10.2 Å². The number of benzene rings is 1. The van der Waals surface area contributed by atoms with E-state index in [9.17, 15) is 4.79 Å². The van der Waals surface area contributed by atoms with Crippen molar-refractivity contribution in [1.82, 2.24) is 0 Å². The summed E-state index contributed by atoms with van der Waals surface area (Å²) in [6.07, 6.45) is 3.24. The van der Waals surface area contributed by atoms with E-state index in [-0.39, 0.29) is 6.61 Å². The molecule has 1 aromatic rings. The van der Waals surface area contributed by atoms with Crippen molar-refractivity contribution in [3.63, 3.8) is 0 Å². The molecule has 3 heteroatoms. The Hall–Kier alpha value is -1.61. The van der Waals surface area contributed by atoms with Gasteiger partial charge >= 0.3 is 5.97 Å². The summed E-state index contributed by atoms with van der Waals surface area (Å²) in [6.45, 7) is 0.0238. The maximum Gasteiger partial charge on any atom is 0.331 e. The molecule has 2 N–H and O–H groups in total. The Morgan fingerprint density at radius 2 is 1.94 bits per heavy atom. The van der Waals surface area contributed by atoms with Crippen LogP contribution in [0.5, 0.6) is 0 Å². The van der Waals surface area contributed by atoms with Gasteiger partial charge in [-0.15, -0.1) is 0 Å². The number of aliphatic carboxylic acids is 1. The number of rotatable bonds is 6. The van der Waals surface area contributed by atoms with E-state index >= 15 is 0 Å². The van der Waals surface area contributed by atoms with Gasteiger partial charge in [-0.3, -0.25) is 0 Å². The Balaban J connectivity index is 2.61.